The standard InChI is InChI=1S/C23H23N5O3/c1-15-10-17(11-24)2-4-19(15)20-13-27-28(23(20)30)21-5-3-18(12-26-21)22(29)25-8-6-16-7-9-31-14-16/h2-5,10,12-13,16,30H,6-9,14H2,1H3,(H,25,29). The lowest BCUT2D eigenvalue weighted by Crippen LogP contribution is -2.26. The lowest BCUT2D eigenvalue weighted by molar-refractivity contribution is 0.0950. The first-order valence-corrected chi connectivity index (χ1v) is 10.2. The first kappa shape index (κ1) is 20.6. The van der Waals surface area contributed by atoms with Crippen molar-refractivity contribution < 1.29 is 14.6 Å². The minimum atomic E-state index is -0.184. The van der Waals surface area contributed by atoms with E-state index in [1.54, 1.807) is 36.5 Å². The van der Waals surface area contributed by atoms with Gasteiger partial charge in [0.2, 0.25) is 5.88 Å². The summed E-state index contributed by atoms with van der Waals surface area (Å²) in [6, 6.07) is 10.6. The molecule has 1 aliphatic rings. The van der Waals surface area contributed by atoms with Gasteiger partial charge in [-0.05, 0) is 61.1 Å². The van der Waals surface area contributed by atoms with Crippen LogP contribution >= 0.6 is 0 Å². The van der Waals surface area contributed by atoms with Crippen LogP contribution in [-0.4, -0.2) is 45.5 Å². The summed E-state index contributed by atoms with van der Waals surface area (Å²) in [5, 5.41) is 26.9. The molecule has 1 atom stereocenters. The number of carbonyl (C=O) groups excluding carboxylic acids is 1. The van der Waals surface area contributed by atoms with E-state index in [0.29, 0.717) is 35.0 Å². The molecule has 1 aromatic carbocycles. The third kappa shape index (κ3) is 4.42. The Bertz CT molecular complexity index is 1130. The number of nitriles is 1. The zero-order valence-corrected chi connectivity index (χ0v) is 17.2. The van der Waals surface area contributed by atoms with Crippen molar-refractivity contribution in [3.8, 4) is 28.9 Å². The Kier molecular flexibility index (Phi) is 5.96. The summed E-state index contributed by atoms with van der Waals surface area (Å²) in [6.45, 7) is 4.04. The molecular weight excluding hydrogens is 394 g/mol. The van der Waals surface area contributed by atoms with Gasteiger partial charge in [-0.25, -0.2) is 4.98 Å². The Hall–Kier alpha value is -3.70. The molecule has 1 aliphatic heterocycles. The van der Waals surface area contributed by atoms with Crippen LogP contribution in [0.15, 0.2) is 42.7 Å². The summed E-state index contributed by atoms with van der Waals surface area (Å²) in [5.41, 5.74) is 3.19. The van der Waals surface area contributed by atoms with Crippen LogP contribution in [0.25, 0.3) is 16.9 Å². The van der Waals surface area contributed by atoms with Gasteiger partial charge in [0, 0.05) is 26.0 Å². The normalized spacial score (nSPS) is 15.5. The molecule has 8 heteroatoms. The Balaban J connectivity index is 1.46. The van der Waals surface area contributed by atoms with Gasteiger partial charge in [0.25, 0.3) is 5.91 Å². The van der Waals surface area contributed by atoms with Gasteiger partial charge in [0.15, 0.2) is 5.82 Å². The first-order valence-electron chi connectivity index (χ1n) is 10.2. The summed E-state index contributed by atoms with van der Waals surface area (Å²) < 4.78 is 6.66. The average Bonchev–Trinajstić information content (AvgIpc) is 3.43. The van der Waals surface area contributed by atoms with E-state index in [4.69, 9.17) is 10.00 Å². The van der Waals surface area contributed by atoms with Crippen LogP contribution in [0.5, 0.6) is 5.88 Å². The van der Waals surface area contributed by atoms with Gasteiger partial charge in [-0.3, -0.25) is 4.79 Å². The molecule has 0 spiro atoms. The minimum absolute atomic E-state index is 0.0590. The highest BCUT2D eigenvalue weighted by Gasteiger charge is 2.17. The Morgan fingerprint density at radius 3 is 2.87 bits per heavy atom. The van der Waals surface area contributed by atoms with Gasteiger partial charge in [0.05, 0.1) is 29.0 Å². The van der Waals surface area contributed by atoms with Crippen LogP contribution in [0, 0.1) is 24.2 Å². The molecule has 1 amide bonds. The van der Waals surface area contributed by atoms with E-state index >= 15 is 0 Å². The van der Waals surface area contributed by atoms with E-state index in [2.05, 4.69) is 21.5 Å². The SMILES string of the molecule is Cc1cc(C#N)ccc1-c1cnn(-c2ccc(C(=O)NCCC3CCOC3)cn2)c1O. The maximum atomic E-state index is 12.3. The van der Waals surface area contributed by atoms with Crippen LogP contribution in [0.1, 0.15) is 34.3 Å². The van der Waals surface area contributed by atoms with Crippen molar-refractivity contribution in [2.45, 2.75) is 19.8 Å². The summed E-state index contributed by atoms with van der Waals surface area (Å²) in [6.07, 6.45) is 4.97. The number of amides is 1. The van der Waals surface area contributed by atoms with Crippen LogP contribution in [0.3, 0.4) is 0 Å². The number of hydrogen-bond acceptors (Lipinski definition) is 6. The highest BCUT2D eigenvalue weighted by molar-refractivity contribution is 5.93. The molecule has 3 aromatic rings. The zero-order chi connectivity index (χ0) is 21.8. The van der Waals surface area contributed by atoms with Crippen molar-refractivity contribution in [3.63, 3.8) is 0 Å². The fourth-order valence-corrected chi connectivity index (χ4v) is 3.68. The molecule has 1 unspecified atom stereocenters. The van der Waals surface area contributed by atoms with Crippen LogP contribution < -0.4 is 5.32 Å². The lowest BCUT2D eigenvalue weighted by Gasteiger charge is -2.09. The van der Waals surface area contributed by atoms with E-state index in [-0.39, 0.29) is 11.8 Å². The number of aromatic hydroxyl groups is 1. The molecular formula is C23H23N5O3. The van der Waals surface area contributed by atoms with Crippen molar-refractivity contribution in [3.05, 3.63) is 59.4 Å². The van der Waals surface area contributed by atoms with Gasteiger partial charge < -0.3 is 15.2 Å². The van der Waals surface area contributed by atoms with Gasteiger partial charge in [-0.2, -0.15) is 15.0 Å². The molecule has 158 valence electrons. The van der Waals surface area contributed by atoms with Gasteiger partial charge >= 0.3 is 0 Å². The number of rotatable bonds is 6. The molecule has 31 heavy (non-hydrogen) atoms. The second kappa shape index (κ2) is 8.98. The largest absolute Gasteiger partial charge is 0.493 e. The fourth-order valence-electron chi connectivity index (χ4n) is 3.68. The second-order valence-corrected chi connectivity index (χ2v) is 7.61. The van der Waals surface area contributed by atoms with E-state index in [1.807, 2.05) is 6.92 Å². The van der Waals surface area contributed by atoms with Crippen molar-refractivity contribution in [2.75, 3.05) is 19.8 Å². The van der Waals surface area contributed by atoms with Crippen molar-refractivity contribution >= 4 is 5.91 Å². The summed E-state index contributed by atoms with van der Waals surface area (Å²) in [7, 11) is 0. The van der Waals surface area contributed by atoms with Gasteiger partial charge in [-0.1, -0.05) is 6.07 Å². The molecule has 0 aliphatic carbocycles. The summed E-state index contributed by atoms with van der Waals surface area (Å²) in [4.78, 5) is 16.6. The molecule has 0 saturated carbocycles. The third-order valence-corrected chi connectivity index (χ3v) is 5.48. The van der Waals surface area contributed by atoms with Crippen molar-refractivity contribution in [1.29, 1.82) is 5.26 Å². The average molecular weight is 417 g/mol. The summed E-state index contributed by atoms with van der Waals surface area (Å²) >= 11 is 0. The Morgan fingerprint density at radius 2 is 2.19 bits per heavy atom. The fraction of sp³-hybridized carbons (Fsp3) is 0.304. The highest BCUT2D eigenvalue weighted by atomic mass is 16.5. The highest BCUT2D eigenvalue weighted by Crippen LogP contribution is 2.33. The smallest absolute Gasteiger partial charge is 0.252 e. The maximum Gasteiger partial charge on any atom is 0.252 e. The quantitative estimate of drug-likeness (QED) is 0.638. The molecule has 8 nitrogen and oxygen atoms in total. The molecule has 1 fully saturated rings. The number of nitrogens with one attached hydrogen (secondary N) is 1. The Labute approximate surface area is 180 Å². The van der Waals surface area contributed by atoms with Gasteiger partial charge in [-0.15, -0.1) is 0 Å². The number of ether oxygens (including phenoxy) is 1. The number of aromatic nitrogens is 3. The second-order valence-electron chi connectivity index (χ2n) is 7.61. The maximum absolute atomic E-state index is 12.3. The van der Waals surface area contributed by atoms with E-state index in [1.165, 1.54) is 10.9 Å². The van der Waals surface area contributed by atoms with E-state index < -0.39 is 0 Å². The molecule has 0 bridgehead atoms. The topological polar surface area (TPSA) is 113 Å². The van der Waals surface area contributed by atoms with Crippen molar-refractivity contribution in [1.82, 2.24) is 20.1 Å². The predicted octanol–water partition coefficient (Wildman–Crippen LogP) is 2.98. The monoisotopic (exact) mass is 417 g/mol. The Morgan fingerprint density at radius 1 is 1.32 bits per heavy atom. The molecule has 1 saturated heterocycles. The number of carbonyl (C=O) groups is 1. The van der Waals surface area contributed by atoms with Crippen LogP contribution in [0.4, 0.5) is 0 Å². The number of nitrogens with zero attached hydrogens (tertiary/aromatic N) is 4. The molecule has 0 radical (unpaired) electrons. The molecule has 4 rings (SSSR count). The number of pyridine rings is 1. The molecule has 2 aromatic heterocycles. The zero-order valence-electron chi connectivity index (χ0n) is 17.2. The molecule has 3 heterocycles. The predicted molar refractivity (Wildman–Crippen MR) is 114 cm³/mol. The third-order valence-electron chi connectivity index (χ3n) is 5.48. The van der Waals surface area contributed by atoms with Gasteiger partial charge in [0.1, 0.15) is 0 Å². The van der Waals surface area contributed by atoms with Crippen LogP contribution in [-0.2, 0) is 4.74 Å². The summed E-state index contributed by atoms with van der Waals surface area (Å²) in [5.74, 6) is 0.667. The molecule has 2 N–H and O–H groups in total. The van der Waals surface area contributed by atoms with E-state index in [0.717, 1.165) is 37.2 Å². The number of benzene rings is 1. The number of aryl methyl sites for hydroxylation is 1. The number of hydrogen-bond donors (Lipinski definition) is 2. The lowest BCUT2D eigenvalue weighted by atomic mass is 10.0. The van der Waals surface area contributed by atoms with E-state index in [9.17, 15) is 9.90 Å². The van der Waals surface area contributed by atoms with Crippen LogP contribution in [0.2, 0.25) is 0 Å². The first-order chi connectivity index (χ1) is 15.1. The van der Waals surface area contributed by atoms with Crippen molar-refractivity contribution in [2.24, 2.45) is 5.92 Å². The minimum Gasteiger partial charge on any atom is -0.493 e.